The van der Waals surface area contributed by atoms with Crippen LogP contribution in [0.1, 0.15) is 50.9 Å². The van der Waals surface area contributed by atoms with Crippen LogP contribution in [-0.2, 0) is 0 Å². The fourth-order valence-corrected chi connectivity index (χ4v) is 3.07. The van der Waals surface area contributed by atoms with Crippen molar-refractivity contribution in [3.8, 4) is 0 Å². The van der Waals surface area contributed by atoms with Crippen LogP contribution in [0, 0.1) is 11.3 Å². The summed E-state index contributed by atoms with van der Waals surface area (Å²) in [5, 5.41) is 0. The lowest BCUT2D eigenvalue weighted by atomic mass is 9.75. The summed E-state index contributed by atoms with van der Waals surface area (Å²) in [6.07, 6.45) is 2.44. The summed E-state index contributed by atoms with van der Waals surface area (Å²) in [7, 11) is 0. The predicted octanol–water partition coefficient (Wildman–Crippen LogP) is 3.73. The number of hydrogen-bond acceptors (Lipinski definition) is 3. The van der Waals surface area contributed by atoms with E-state index >= 15 is 0 Å². The molecular formula is C17H26N2O. The Morgan fingerprint density at radius 1 is 1.25 bits per heavy atom. The number of piperidine rings is 1. The topological polar surface area (TPSA) is 46.3 Å². The molecular weight excluding hydrogens is 248 g/mol. The van der Waals surface area contributed by atoms with Gasteiger partial charge in [0.2, 0.25) is 0 Å². The van der Waals surface area contributed by atoms with Gasteiger partial charge in [-0.2, -0.15) is 0 Å². The maximum absolute atomic E-state index is 11.4. The normalized spacial score (nSPS) is 17.3. The van der Waals surface area contributed by atoms with E-state index in [1.54, 1.807) is 6.92 Å². The number of hydrogen-bond donors (Lipinski definition) is 1. The zero-order valence-electron chi connectivity index (χ0n) is 13.1. The first-order valence-electron chi connectivity index (χ1n) is 7.44. The fraction of sp³-hybridized carbons (Fsp3) is 0.588. The summed E-state index contributed by atoms with van der Waals surface area (Å²) >= 11 is 0. The molecule has 1 aromatic carbocycles. The minimum atomic E-state index is 0.0282. The van der Waals surface area contributed by atoms with Gasteiger partial charge in [0.1, 0.15) is 0 Å². The zero-order valence-corrected chi connectivity index (χ0v) is 13.1. The molecule has 110 valence electrons. The molecule has 0 amide bonds. The van der Waals surface area contributed by atoms with Gasteiger partial charge in [-0.25, -0.2) is 0 Å². The van der Waals surface area contributed by atoms with E-state index in [4.69, 9.17) is 5.73 Å². The number of carbonyl (C=O) groups is 1. The second-order valence-corrected chi connectivity index (χ2v) is 6.96. The first-order chi connectivity index (χ1) is 9.29. The van der Waals surface area contributed by atoms with Gasteiger partial charge in [-0.3, -0.25) is 4.79 Å². The number of ketones is 1. The van der Waals surface area contributed by atoms with Crippen molar-refractivity contribution in [3.05, 3.63) is 23.8 Å². The van der Waals surface area contributed by atoms with Crippen molar-refractivity contribution in [1.82, 2.24) is 0 Å². The van der Waals surface area contributed by atoms with Gasteiger partial charge >= 0.3 is 0 Å². The SMILES string of the molecule is CC(=O)c1ccc(N2CCC(C(C)(C)C)CC2)cc1N. The Balaban J connectivity index is 2.08. The van der Waals surface area contributed by atoms with Gasteiger partial charge in [-0.05, 0) is 49.3 Å². The van der Waals surface area contributed by atoms with Crippen LogP contribution >= 0.6 is 0 Å². The van der Waals surface area contributed by atoms with Crippen LogP contribution in [0.4, 0.5) is 11.4 Å². The van der Waals surface area contributed by atoms with Gasteiger partial charge in [0.15, 0.2) is 5.78 Å². The summed E-state index contributed by atoms with van der Waals surface area (Å²) in [4.78, 5) is 13.8. The van der Waals surface area contributed by atoms with Gasteiger partial charge in [-0.15, -0.1) is 0 Å². The molecule has 1 heterocycles. The summed E-state index contributed by atoms with van der Waals surface area (Å²) in [5.74, 6) is 0.813. The van der Waals surface area contributed by atoms with Gasteiger partial charge < -0.3 is 10.6 Å². The van der Waals surface area contributed by atoms with Crippen LogP contribution < -0.4 is 10.6 Å². The van der Waals surface area contributed by atoms with Gasteiger partial charge in [0, 0.05) is 30.0 Å². The van der Waals surface area contributed by atoms with Crippen molar-refractivity contribution < 1.29 is 4.79 Å². The largest absolute Gasteiger partial charge is 0.398 e. The average molecular weight is 274 g/mol. The molecule has 20 heavy (non-hydrogen) atoms. The maximum atomic E-state index is 11.4. The molecule has 0 spiro atoms. The number of nitrogen functional groups attached to an aromatic ring is 1. The molecule has 1 saturated heterocycles. The maximum Gasteiger partial charge on any atom is 0.161 e. The lowest BCUT2D eigenvalue weighted by molar-refractivity contribution is 0.101. The van der Waals surface area contributed by atoms with Crippen LogP contribution in [0.3, 0.4) is 0 Å². The molecule has 0 unspecified atom stereocenters. The van der Waals surface area contributed by atoms with Crippen LogP contribution in [0.5, 0.6) is 0 Å². The standard InChI is InChI=1S/C17H26N2O/c1-12(20)15-6-5-14(11-16(15)18)19-9-7-13(8-10-19)17(2,3)4/h5-6,11,13H,7-10,18H2,1-4H3. The second-order valence-electron chi connectivity index (χ2n) is 6.96. The Kier molecular flexibility index (Phi) is 4.07. The van der Waals surface area contributed by atoms with Crippen molar-refractivity contribution in [3.63, 3.8) is 0 Å². The van der Waals surface area contributed by atoms with E-state index in [0.29, 0.717) is 16.7 Å². The number of Topliss-reactive ketones (excluding diaryl/α,β-unsaturated/α-hetero) is 1. The molecule has 2 rings (SSSR count). The molecule has 1 aromatic rings. The van der Waals surface area contributed by atoms with Crippen molar-refractivity contribution in [2.24, 2.45) is 11.3 Å². The third-order valence-electron chi connectivity index (χ3n) is 4.50. The van der Waals surface area contributed by atoms with E-state index in [-0.39, 0.29) is 5.78 Å². The molecule has 0 bridgehead atoms. The Morgan fingerprint density at radius 3 is 2.30 bits per heavy atom. The lowest BCUT2D eigenvalue weighted by Crippen LogP contribution is -2.38. The summed E-state index contributed by atoms with van der Waals surface area (Å²) in [5.41, 5.74) is 8.72. The van der Waals surface area contributed by atoms with Crippen molar-refractivity contribution in [1.29, 1.82) is 0 Å². The molecule has 0 saturated carbocycles. The lowest BCUT2D eigenvalue weighted by Gasteiger charge is -2.39. The van der Waals surface area contributed by atoms with Crippen LogP contribution in [0.15, 0.2) is 18.2 Å². The minimum absolute atomic E-state index is 0.0282. The predicted molar refractivity (Wildman–Crippen MR) is 85.3 cm³/mol. The molecule has 0 atom stereocenters. The zero-order chi connectivity index (χ0) is 14.9. The van der Waals surface area contributed by atoms with Gasteiger partial charge in [-0.1, -0.05) is 20.8 Å². The molecule has 1 aliphatic heterocycles. The van der Waals surface area contributed by atoms with Crippen molar-refractivity contribution in [2.75, 3.05) is 23.7 Å². The van der Waals surface area contributed by atoms with E-state index < -0.39 is 0 Å². The highest BCUT2D eigenvalue weighted by Crippen LogP contribution is 2.36. The molecule has 1 aliphatic rings. The Bertz CT molecular complexity index is 494. The van der Waals surface area contributed by atoms with Crippen molar-refractivity contribution >= 4 is 17.2 Å². The summed E-state index contributed by atoms with van der Waals surface area (Å²) in [6.45, 7) is 10.7. The highest BCUT2D eigenvalue weighted by Gasteiger charge is 2.28. The van der Waals surface area contributed by atoms with Crippen LogP contribution in [0.25, 0.3) is 0 Å². The molecule has 0 radical (unpaired) electrons. The Labute approximate surface area is 122 Å². The second kappa shape index (κ2) is 5.47. The van der Waals surface area contributed by atoms with E-state index in [0.717, 1.165) is 24.7 Å². The number of nitrogens with zero attached hydrogens (tertiary/aromatic N) is 1. The third kappa shape index (κ3) is 3.14. The fourth-order valence-electron chi connectivity index (χ4n) is 3.07. The smallest absolute Gasteiger partial charge is 0.161 e. The van der Waals surface area contributed by atoms with E-state index in [1.807, 2.05) is 18.2 Å². The van der Waals surface area contributed by atoms with Crippen LogP contribution in [0.2, 0.25) is 0 Å². The Morgan fingerprint density at radius 2 is 1.85 bits per heavy atom. The van der Waals surface area contributed by atoms with Gasteiger partial charge in [0.05, 0.1) is 0 Å². The molecule has 1 fully saturated rings. The molecule has 3 heteroatoms. The minimum Gasteiger partial charge on any atom is -0.398 e. The highest BCUT2D eigenvalue weighted by molar-refractivity contribution is 5.99. The highest BCUT2D eigenvalue weighted by atomic mass is 16.1. The number of carbonyl (C=O) groups excluding carboxylic acids is 1. The van der Waals surface area contributed by atoms with Crippen LogP contribution in [-0.4, -0.2) is 18.9 Å². The number of rotatable bonds is 2. The first-order valence-corrected chi connectivity index (χ1v) is 7.44. The molecule has 0 aliphatic carbocycles. The van der Waals surface area contributed by atoms with E-state index in [9.17, 15) is 4.79 Å². The number of benzene rings is 1. The molecule has 2 N–H and O–H groups in total. The molecule has 0 aromatic heterocycles. The quantitative estimate of drug-likeness (QED) is 0.660. The Hall–Kier alpha value is -1.51. The monoisotopic (exact) mass is 274 g/mol. The number of anilines is 2. The third-order valence-corrected chi connectivity index (χ3v) is 4.50. The van der Waals surface area contributed by atoms with Crippen molar-refractivity contribution in [2.45, 2.75) is 40.5 Å². The molecule has 3 nitrogen and oxygen atoms in total. The van der Waals surface area contributed by atoms with Gasteiger partial charge in [0.25, 0.3) is 0 Å². The average Bonchev–Trinajstić information content (AvgIpc) is 2.37. The summed E-state index contributed by atoms with van der Waals surface area (Å²) < 4.78 is 0. The number of nitrogens with two attached hydrogens (primary N) is 1. The van der Waals surface area contributed by atoms with E-state index in [2.05, 4.69) is 25.7 Å². The summed E-state index contributed by atoms with van der Waals surface area (Å²) in [6, 6.07) is 5.81. The first kappa shape index (κ1) is 14.9. The van der Waals surface area contributed by atoms with E-state index in [1.165, 1.54) is 12.8 Å².